The van der Waals surface area contributed by atoms with Crippen molar-refractivity contribution in [1.82, 2.24) is 25.5 Å². The molecule has 3 fully saturated rings. The zero-order valence-electron chi connectivity index (χ0n) is 36.3. The first-order valence-electron chi connectivity index (χ1n) is 21.2. The van der Waals surface area contributed by atoms with E-state index in [0.29, 0.717) is 38.9 Å². The van der Waals surface area contributed by atoms with Gasteiger partial charge >= 0.3 is 6.09 Å². The van der Waals surface area contributed by atoms with Crippen LogP contribution < -0.4 is 25.4 Å². The third-order valence-corrected chi connectivity index (χ3v) is 15.3. The number of amides is 3. The molecule has 1 aliphatic heterocycles. The van der Waals surface area contributed by atoms with Crippen LogP contribution in [0.15, 0.2) is 60.5 Å². The Morgan fingerprint density at radius 3 is 2.43 bits per heavy atom. The summed E-state index contributed by atoms with van der Waals surface area (Å²) in [7, 11) is -3.06. The first-order valence-corrected chi connectivity index (χ1v) is 23.9. The smallest absolute Gasteiger partial charge is 0.408 e. The van der Waals surface area contributed by atoms with Crippen LogP contribution in [0.4, 0.5) is 18.7 Å². The van der Waals surface area contributed by atoms with E-state index in [1.807, 2.05) is 19.2 Å². The lowest BCUT2D eigenvalue weighted by molar-refractivity contribution is -0.142. The van der Waals surface area contributed by atoms with E-state index in [-0.39, 0.29) is 31.5 Å². The Hall–Kier alpha value is -5.12. The number of halogens is 2. The molecule has 338 valence electrons. The number of nitrogens with zero attached hydrogens (tertiary/aromatic N) is 3. The molecule has 2 aromatic carbocycles. The second-order valence-corrected chi connectivity index (χ2v) is 21.4. The second kappa shape index (κ2) is 18.2. The summed E-state index contributed by atoms with van der Waals surface area (Å²) < 4.78 is 61.8. The Labute approximate surface area is 369 Å². The summed E-state index contributed by atoms with van der Waals surface area (Å²) in [6.07, 6.45) is 1.90. The molecule has 0 bridgehead atoms. The monoisotopic (exact) mass is 908 g/mol. The van der Waals surface area contributed by atoms with Crippen molar-refractivity contribution in [3.05, 3.63) is 77.7 Å². The molecule has 18 heteroatoms. The Balaban J connectivity index is 1.23. The van der Waals surface area contributed by atoms with Crippen molar-refractivity contribution in [1.29, 1.82) is 0 Å². The Bertz CT molecular complexity index is 2420. The number of ether oxygens (including phenoxy) is 3. The summed E-state index contributed by atoms with van der Waals surface area (Å²) in [6, 6.07) is 7.94. The molecule has 4 aromatic rings. The van der Waals surface area contributed by atoms with E-state index in [1.165, 1.54) is 22.3 Å². The number of thiazole rings is 1. The standard InChI is InChI=1S/C45H55F2N6O8PS/c1-8-26-21-45(26,62(57,58)23-31-32(46)14-11-15-33(31)47)52-40(54)37-19-29(22-53(37)41(55)39(44(4,5)6)51-43(56)61-27-12-9-10-13-27)60-38-20-35(36-24-63-42(50-36)48-25(2)3)49-34-18-28(59-7)16-17-30(34)38/h8,11,14-18,20,24-27,29,37,39H,1,9-10,12-13,19,21-23H2,2-7H3,(H,48,50)(H,51,56)(H,52,54)(H,57,58)/t26-,29-,37+,39?,45+/m1/s1. The molecular formula is C45H55F2N6O8PS. The van der Waals surface area contributed by atoms with Crippen molar-refractivity contribution in [2.45, 2.75) is 115 Å². The highest BCUT2D eigenvalue weighted by atomic mass is 32.1. The van der Waals surface area contributed by atoms with Gasteiger partial charge in [0.2, 0.25) is 19.2 Å². The summed E-state index contributed by atoms with van der Waals surface area (Å²) >= 11 is 1.43. The minimum absolute atomic E-state index is 0.0217. The lowest BCUT2D eigenvalue weighted by Crippen LogP contribution is -2.58. The van der Waals surface area contributed by atoms with Gasteiger partial charge in [0.25, 0.3) is 0 Å². The summed E-state index contributed by atoms with van der Waals surface area (Å²) in [5.41, 5.74) is 0.203. The number of hydrogen-bond acceptors (Lipinski definition) is 11. The predicted octanol–water partition coefficient (Wildman–Crippen LogP) is 8.39. The Morgan fingerprint density at radius 1 is 1.08 bits per heavy atom. The Kier molecular flexibility index (Phi) is 13.2. The number of fused-ring (bicyclic) bond motifs is 1. The van der Waals surface area contributed by atoms with Gasteiger partial charge in [-0.05, 0) is 75.6 Å². The average Bonchev–Trinajstić information content (AvgIpc) is 3.62. The summed E-state index contributed by atoms with van der Waals surface area (Å²) in [4.78, 5) is 65.4. The van der Waals surface area contributed by atoms with Crippen LogP contribution in [0.3, 0.4) is 0 Å². The molecule has 14 nitrogen and oxygen atoms in total. The molecule has 2 aliphatic carbocycles. The molecular weight excluding hydrogens is 854 g/mol. The number of carbonyl (C=O) groups excluding carboxylic acids is 3. The van der Waals surface area contributed by atoms with Crippen LogP contribution in [0.25, 0.3) is 22.3 Å². The van der Waals surface area contributed by atoms with Gasteiger partial charge in [-0.1, -0.05) is 32.9 Å². The molecule has 2 unspecified atom stereocenters. The molecule has 1 saturated heterocycles. The van der Waals surface area contributed by atoms with Gasteiger partial charge in [-0.3, -0.25) is 14.2 Å². The van der Waals surface area contributed by atoms with E-state index in [0.717, 1.165) is 43.9 Å². The molecule has 0 spiro atoms. The third-order valence-electron chi connectivity index (χ3n) is 11.9. The minimum Gasteiger partial charge on any atom is -0.497 e. The van der Waals surface area contributed by atoms with Crippen molar-refractivity contribution in [3.63, 3.8) is 0 Å². The number of likely N-dealkylation sites (tertiary alicyclic amines) is 1. The first-order chi connectivity index (χ1) is 29.8. The molecule has 2 saturated carbocycles. The van der Waals surface area contributed by atoms with Crippen LogP contribution in [-0.2, 0) is 25.1 Å². The van der Waals surface area contributed by atoms with E-state index in [2.05, 4.69) is 22.5 Å². The zero-order valence-corrected chi connectivity index (χ0v) is 38.0. The van der Waals surface area contributed by atoms with Crippen LogP contribution in [0.2, 0.25) is 0 Å². The molecule has 3 aliphatic rings. The van der Waals surface area contributed by atoms with Gasteiger partial charge in [0.1, 0.15) is 58.4 Å². The van der Waals surface area contributed by atoms with Crippen molar-refractivity contribution in [3.8, 4) is 22.9 Å². The van der Waals surface area contributed by atoms with Gasteiger partial charge in [0.15, 0.2) is 5.13 Å². The van der Waals surface area contributed by atoms with Crippen LogP contribution >= 0.6 is 18.7 Å². The number of nitrogens with one attached hydrogen (secondary N) is 3. The topological polar surface area (TPSA) is 181 Å². The van der Waals surface area contributed by atoms with E-state index >= 15 is 0 Å². The molecule has 63 heavy (non-hydrogen) atoms. The highest BCUT2D eigenvalue weighted by Gasteiger charge is 2.66. The maximum atomic E-state index is 14.9. The number of rotatable bonds is 15. The second-order valence-electron chi connectivity index (χ2n) is 18.0. The lowest BCUT2D eigenvalue weighted by atomic mass is 9.85. The number of carbonyl (C=O) groups is 3. The number of hydrogen-bond donors (Lipinski definition) is 4. The molecule has 2 aromatic heterocycles. The fourth-order valence-corrected chi connectivity index (χ4v) is 11.7. The SMILES string of the molecule is C=C[C@@H]1C[C@]1(NC(=O)[C@@H]1C[C@@H](Oc2cc(-c3csc(NC(C)C)n3)nc3cc(OC)ccc23)CN1C(=O)C(NC(=O)OC1CCCC1)C(C)(C)C)P(=O)(O)Cc1c(F)cccc1F. The van der Waals surface area contributed by atoms with Crippen molar-refractivity contribution in [2.24, 2.45) is 11.3 Å². The van der Waals surface area contributed by atoms with Gasteiger partial charge in [0, 0.05) is 46.8 Å². The van der Waals surface area contributed by atoms with Crippen LogP contribution in [-0.4, -0.2) is 86.9 Å². The van der Waals surface area contributed by atoms with Crippen LogP contribution in [0.5, 0.6) is 11.5 Å². The largest absolute Gasteiger partial charge is 0.497 e. The number of alkyl carbamates (subject to hydrolysis) is 1. The zero-order chi connectivity index (χ0) is 45.4. The predicted molar refractivity (Wildman–Crippen MR) is 237 cm³/mol. The van der Waals surface area contributed by atoms with Gasteiger partial charge in [0.05, 0.1) is 31.0 Å². The number of benzene rings is 2. The number of anilines is 1. The molecule has 4 N–H and O–H groups in total. The van der Waals surface area contributed by atoms with Crippen LogP contribution in [0.1, 0.15) is 78.7 Å². The molecule has 6 atom stereocenters. The van der Waals surface area contributed by atoms with Gasteiger partial charge < -0.3 is 40.0 Å². The van der Waals surface area contributed by atoms with E-state index in [9.17, 15) is 32.6 Å². The third kappa shape index (κ3) is 9.85. The number of pyridine rings is 1. The molecule has 3 heterocycles. The quantitative estimate of drug-likeness (QED) is 0.0665. The summed E-state index contributed by atoms with van der Waals surface area (Å²) in [6.45, 7) is 13.0. The maximum absolute atomic E-state index is 14.9. The van der Waals surface area contributed by atoms with Crippen molar-refractivity contribution < 1.29 is 46.8 Å². The van der Waals surface area contributed by atoms with Crippen LogP contribution in [0, 0.1) is 23.0 Å². The fraction of sp³-hybridized carbons (Fsp3) is 0.489. The van der Waals surface area contributed by atoms with Gasteiger partial charge in [-0.15, -0.1) is 17.9 Å². The highest BCUT2D eigenvalue weighted by molar-refractivity contribution is 7.59. The summed E-state index contributed by atoms with van der Waals surface area (Å²) in [5, 5.41) is 10.2. The highest BCUT2D eigenvalue weighted by Crippen LogP contribution is 2.71. The average molecular weight is 909 g/mol. The van der Waals surface area contributed by atoms with Gasteiger partial charge in [-0.2, -0.15) is 0 Å². The maximum Gasteiger partial charge on any atom is 0.408 e. The fourth-order valence-electron chi connectivity index (χ4n) is 8.44. The number of aromatic nitrogens is 2. The van der Waals surface area contributed by atoms with Crippen molar-refractivity contribution >= 4 is 52.6 Å². The van der Waals surface area contributed by atoms with Gasteiger partial charge in [-0.25, -0.2) is 23.5 Å². The Morgan fingerprint density at radius 2 is 1.79 bits per heavy atom. The van der Waals surface area contributed by atoms with Crippen molar-refractivity contribution in [2.75, 3.05) is 19.0 Å². The summed E-state index contributed by atoms with van der Waals surface area (Å²) in [5.74, 6) is -3.11. The van der Waals surface area contributed by atoms with E-state index < -0.39 is 83.4 Å². The first kappa shape index (κ1) is 45.9. The molecule has 3 amide bonds. The normalized spacial score (nSPS) is 22.6. The number of methoxy groups -OCH3 is 1. The van der Waals surface area contributed by atoms with E-state index in [1.54, 1.807) is 52.1 Å². The molecule has 0 radical (unpaired) electrons. The lowest BCUT2D eigenvalue weighted by Gasteiger charge is -2.36. The van der Waals surface area contributed by atoms with E-state index in [4.69, 9.17) is 24.2 Å². The minimum atomic E-state index is -4.61. The molecule has 7 rings (SSSR count).